The van der Waals surface area contributed by atoms with Gasteiger partial charge in [0.05, 0.1) is 17.1 Å². The third-order valence-corrected chi connectivity index (χ3v) is 12.2. The summed E-state index contributed by atoms with van der Waals surface area (Å²) in [4.78, 5) is 36.8. The quantitative estimate of drug-likeness (QED) is 0.144. The Morgan fingerprint density at radius 3 is 2.56 bits per heavy atom. The van der Waals surface area contributed by atoms with Crippen molar-refractivity contribution in [3.63, 3.8) is 0 Å². The molecule has 1 aromatic carbocycles. The van der Waals surface area contributed by atoms with Crippen LogP contribution in [0.4, 0.5) is 10.5 Å². The van der Waals surface area contributed by atoms with E-state index in [1.54, 1.807) is 28.8 Å². The molecule has 2 amide bonds. The Kier molecular flexibility index (Phi) is 10.8. The number of amides is 2. The average molecular weight is 537 g/mol. The summed E-state index contributed by atoms with van der Waals surface area (Å²) in [5, 5.41) is 22.0. The van der Waals surface area contributed by atoms with Gasteiger partial charge in [0.15, 0.2) is 8.32 Å². The van der Waals surface area contributed by atoms with Gasteiger partial charge in [0.25, 0.3) is 5.69 Å². The molecule has 1 heterocycles. The number of likely N-dealkylation sites (tertiary alicyclic amines) is 1. The Balaban J connectivity index is 1.99. The van der Waals surface area contributed by atoms with Crippen molar-refractivity contribution in [1.29, 1.82) is 5.26 Å². The lowest BCUT2D eigenvalue weighted by atomic mass is 10.2. The lowest BCUT2D eigenvalue weighted by molar-refractivity contribution is -0.384. The maximum Gasteiger partial charge on any atom is 0.410 e. The number of rotatable bonds is 11. The summed E-state index contributed by atoms with van der Waals surface area (Å²) in [6.07, 6.45) is 0.440. The van der Waals surface area contributed by atoms with Crippen molar-refractivity contribution in [1.82, 2.24) is 10.2 Å². The summed E-state index contributed by atoms with van der Waals surface area (Å²) in [7, 11) is -2.04. The van der Waals surface area contributed by atoms with Crippen LogP contribution in [-0.4, -0.2) is 66.9 Å². The number of hydrogen-bond acceptors (Lipinski definition) is 8. The van der Waals surface area contributed by atoms with Gasteiger partial charge in [-0.2, -0.15) is 17.0 Å². The standard InChI is InChI=1S/C24H36N4O6SSi/c1-24(2,3)36(4,5)34-21-14-20(17-35-13-10-22(29)26-12-11-25)27(15-21)23(30)33-16-18-6-8-19(9-7-18)28(31)32/h6-9,20-21H,10,12-17H2,1-5H3,(H,26,29)/t20-,21-/m0/s1. The Hall–Kier alpha value is -2.62. The molecular weight excluding hydrogens is 500 g/mol. The highest BCUT2D eigenvalue weighted by molar-refractivity contribution is 7.99. The molecule has 1 aromatic rings. The van der Waals surface area contributed by atoms with Crippen LogP contribution >= 0.6 is 11.8 Å². The monoisotopic (exact) mass is 536 g/mol. The predicted molar refractivity (Wildman–Crippen MR) is 141 cm³/mol. The van der Waals surface area contributed by atoms with Crippen molar-refractivity contribution in [3.8, 4) is 6.07 Å². The average Bonchev–Trinajstić information content (AvgIpc) is 3.20. The fourth-order valence-electron chi connectivity index (χ4n) is 3.49. The maximum absolute atomic E-state index is 13.0. The Labute approximate surface area is 218 Å². The van der Waals surface area contributed by atoms with Crippen molar-refractivity contribution in [2.75, 3.05) is 24.6 Å². The second-order valence-corrected chi connectivity index (χ2v) is 16.2. The highest BCUT2D eigenvalue weighted by Crippen LogP contribution is 2.39. The maximum atomic E-state index is 13.0. The number of thioether (sulfide) groups is 1. The number of carbonyl (C=O) groups is 2. The number of carbonyl (C=O) groups excluding carboxylic acids is 2. The van der Waals surface area contributed by atoms with E-state index in [0.29, 0.717) is 36.5 Å². The van der Waals surface area contributed by atoms with Gasteiger partial charge in [0.2, 0.25) is 5.91 Å². The third kappa shape index (κ3) is 8.79. The molecule has 36 heavy (non-hydrogen) atoms. The van der Waals surface area contributed by atoms with Crippen LogP contribution in [0.5, 0.6) is 0 Å². The van der Waals surface area contributed by atoms with Crippen molar-refractivity contribution < 1.29 is 23.7 Å². The highest BCUT2D eigenvalue weighted by atomic mass is 32.2. The number of ether oxygens (including phenoxy) is 1. The van der Waals surface area contributed by atoms with Crippen LogP contribution < -0.4 is 5.32 Å². The van der Waals surface area contributed by atoms with Gasteiger partial charge < -0.3 is 19.4 Å². The number of benzene rings is 1. The number of nitrogens with one attached hydrogen (secondary N) is 1. The molecular formula is C24H36N4O6SSi. The van der Waals surface area contributed by atoms with Crippen molar-refractivity contribution in [3.05, 3.63) is 39.9 Å². The molecule has 0 spiro atoms. The fraction of sp³-hybridized carbons (Fsp3) is 0.625. The largest absolute Gasteiger partial charge is 0.445 e. The minimum absolute atomic E-state index is 0.00697. The lowest BCUT2D eigenvalue weighted by Gasteiger charge is -2.38. The first-order chi connectivity index (χ1) is 16.8. The normalized spacial score (nSPS) is 17.9. The van der Waals surface area contributed by atoms with Gasteiger partial charge in [-0.3, -0.25) is 14.9 Å². The molecule has 0 radical (unpaired) electrons. The molecule has 1 saturated heterocycles. The summed E-state index contributed by atoms with van der Waals surface area (Å²) in [6, 6.07) is 7.69. The summed E-state index contributed by atoms with van der Waals surface area (Å²) >= 11 is 1.58. The predicted octanol–water partition coefficient (Wildman–Crippen LogP) is 4.46. The zero-order chi connectivity index (χ0) is 26.9. The highest BCUT2D eigenvalue weighted by Gasteiger charge is 2.44. The van der Waals surface area contributed by atoms with Gasteiger partial charge in [-0.05, 0) is 42.2 Å². The van der Waals surface area contributed by atoms with E-state index < -0.39 is 19.3 Å². The van der Waals surface area contributed by atoms with E-state index in [1.807, 2.05) is 6.07 Å². The molecule has 1 fully saturated rings. The minimum Gasteiger partial charge on any atom is -0.445 e. The van der Waals surface area contributed by atoms with Crippen molar-refractivity contribution in [2.45, 2.75) is 70.5 Å². The van der Waals surface area contributed by atoms with Gasteiger partial charge in [0.1, 0.15) is 13.2 Å². The fourth-order valence-corrected chi connectivity index (χ4v) is 5.93. The van der Waals surface area contributed by atoms with Gasteiger partial charge in [-0.1, -0.05) is 20.8 Å². The first-order valence-corrected chi connectivity index (χ1v) is 16.0. The molecule has 1 aliphatic heterocycles. The number of nitro groups is 1. The second-order valence-electron chi connectivity index (χ2n) is 10.3. The zero-order valence-corrected chi connectivity index (χ0v) is 23.4. The molecule has 0 bridgehead atoms. The second kappa shape index (κ2) is 13.1. The first-order valence-electron chi connectivity index (χ1n) is 11.9. The van der Waals surface area contributed by atoms with Gasteiger partial charge >= 0.3 is 6.09 Å². The molecule has 0 aliphatic carbocycles. The molecule has 1 N–H and O–H groups in total. The molecule has 198 valence electrons. The van der Waals surface area contributed by atoms with Crippen molar-refractivity contribution in [2.24, 2.45) is 0 Å². The molecule has 0 unspecified atom stereocenters. The van der Waals surface area contributed by atoms with Crippen LogP contribution in [0.3, 0.4) is 0 Å². The van der Waals surface area contributed by atoms with Crippen LogP contribution in [0.15, 0.2) is 24.3 Å². The summed E-state index contributed by atoms with van der Waals surface area (Å²) in [5.74, 6) is 1.04. The van der Waals surface area contributed by atoms with E-state index in [4.69, 9.17) is 14.4 Å². The number of nitrogens with zero attached hydrogens (tertiary/aromatic N) is 3. The van der Waals surface area contributed by atoms with Gasteiger partial charge in [-0.25, -0.2) is 4.79 Å². The van der Waals surface area contributed by atoms with E-state index in [9.17, 15) is 19.7 Å². The molecule has 1 aliphatic rings. The molecule has 2 rings (SSSR count). The molecule has 10 nitrogen and oxygen atoms in total. The van der Waals surface area contributed by atoms with Crippen molar-refractivity contribution >= 4 is 37.8 Å². The molecule has 2 atom stereocenters. The summed E-state index contributed by atoms with van der Waals surface area (Å²) in [6.45, 7) is 11.3. The lowest BCUT2D eigenvalue weighted by Crippen LogP contribution is -2.44. The van der Waals surface area contributed by atoms with E-state index >= 15 is 0 Å². The van der Waals surface area contributed by atoms with Gasteiger partial charge in [0, 0.05) is 42.6 Å². The Morgan fingerprint density at radius 1 is 1.31 bits per heavy atom. The van der Waals surface area contributed by atoms with E-state index in [1.165, 1.54) is 12.1 Å². The first kappa shape index (κ1) is 29.6. The van der Waals surface area contributed by atoms with Crippen LogP contribution in [0.1, 0.15) is 39.2 Å². The van der Waals surface area contributed by atoms with E-state index in [-0.39, 0.29) is 41.9 Å². The van der Waals surface area contributed by atoms with E-state index in [2.05, 4.69) is 39.2 Å². The smallest absolute Gasteiger partial charge is 0.410 e. The number of nitro benzene ring substituents is 1. The minimum atomic E-state index is -2.04. The van der Waals surface area contributed by atoms with Crippen LogP contribution in [0.2, 0.25) is 18.1 Å². The van der Waals surface area contributed by atoms with Crippen LogP contribution in [0, 0.1) is 21.4 Å². The van der Waals surface area contributed by atoms with E-state index in [0.717, 1.165) is 0 Å². The molecule has 0 aromatic heterocycles. The van der Waals surface area contributed by atoms with Crippen LogP contribution in [0.25, 0.3) is 0 Å². The Bertz CT molecular complexity index is 961. The summed E-state index contributed by atoms with van der Waals surface area (Å²) in [5.41, 5.74) is 0.644. The summed E-state index contributed by atoms with van der Waals surface area (Å²) < 4.78 is 12.1. The SMILES string of the molecule is CC(C)(C)[Si](C)(C)O[C@H]1C[C@@H](CSCCC(=O)NCC#N)N(C(=O)OCc2ccc([N+](=O)[O-])cc2)C1. The van der Waals surface area contributed by atoms with Crippen LogP contribution in [-0.2, 0) is 20.6 Å². The number of non-ortho nitro benzene ring substituents is 1. The van der Waals surface area contributed by atoms with Gasteiger partial charge in [-0.15, -0.1) is 0 Å². The zero-order valence-electron chi connectivity index (χ0n) is 21.6. The Morgan fingerprint density at radius 2 is 1.97 bits per heavy atom. The third-order valence-electron chi connectivity index (χ3n) is 6.54. The number of hydrogen-bond donors (Lipinski definition) is 1. The molecule has 12 heteroatoms. The topological polar surface area (TPSA) is 135 Å². The number of nitriles is 1. The molecule has 0 saturated carbocycles.